The van der Waals surface area contributed by atoms with Gasteiger partial charge in [-0.15, -0.1) is 0 Å². The molecule has 1 saturated heterocycles. The summed E-state index contributed by atoms with van der Waals surface area (Å²) in [5, 5.41) is 3.60. The zero-order chi connectivity index (χ0) is 11.3. The van der Waals surface area contributed by atoms with E-state index < -0.39 is 0 Å². The molecule has 0 aromatic rings. The van der Waals surface area contributed by atoms with Crippen LogP contribution < -0.4 is 5.32 Å². The Morgan fingerprint density at radius 1 is 1.47 bits per heavy atom. The van der Waals surface area contributed by atoms with Gasteiger partial charge in [-0.25, -0.2) is 0 Å². The Bertz CT molecular complexity index is 173. The molecule has 0 radical (unpaired) electrons. The van der Waals surface area contributed by atoms with Crippen molar-refractivity contribution in [2.75, 3.05) is 25.5 Å². The Kier molecular flexibility index (Phi) is 5.44. The number of thioether (sulfide) groups is 1. The van der Waals surface area contributed by atoms with Crippen molar-refractivity contribution < 1.29 is 4.74 Å². The normalized spacial score (nSPS) is 24.4. The fourth-order valence-corrected chi connectivity index (χ4v) is 2.90. The standard InChI is InChI=1S/C12H25NOS/c1-5-13-11(9-15-12(2,3)4)10-6-7-14-8-10/h10-11,13H,5-9H2,1-4H3. The number of rotatable bonds is 5. The molecular weight excluding hydrogens is 206 g/mol. The van der Waals surface area contributed by atoms with Crippen molar-refractivity contribution in [1.82, 2.24) is 5.32 Å². The fourth-order valence-electron chi connectivity index (χ4n) is 1.83. The number of hydrogen-bond acceptors (Lipinski definition) is 3. The van der Waals surface area contributed by atoms with Crippen LogP contribution in [-0.4, -0.2) is 36.3 Å². The van der Waals surface area contributed by atoms with Gasteiger partial charge in [0, 0.05) is 29.1 Å². The highest BCUT2D eigenvalue weighted by Crippen LogP contribution is 2.27. The van der Waals surface area contributed by atoms with E-state index in [2.05, 4.69) is 44.8 Å². The molecule has 2 nitrogen and oxygen atoms in total. The molecule has 0 aromatic heterocycles. The van der Waals surface area contributed by atoms with Gasteiger partial charge in [-0.3, -0.25) is 0 Å². The molecule has 0 saturated carbocycles. The Morgan fingerprint density at radius 2 is 2.20 bits per heavy atom. The SMILES string of the molecule is CCNC(CSC(C)(C)C)C1CCOC1. The molecule has 0 aromatic carbocycles. The van der Waals surface area contributed by atoms with Crippen molar-refractivity contribution in [2.45, 2.75) is 44.9 Å². The zero-order valence-electron chi connectivity index (χ0n) is 10.5. The van der Waals surface area contributed by atoms with Gasteiger partial charge >= 0.3 is 0 Å². The van der Waals surface area contributed by atoms with Crippen LogP contribution in [0, 0.1) is 5.92 Å². The van der Waals surface area contributed by atoms with E-state index in [9.17, 15) is 0 Å². The van der Waals surface area contributed by atoms with E-state index in [0.29, 0.717) is 10.8 Å². The molecule has 0 bridgehead atoms. The summed E-state index contributed by atoms with van der Waals surface area (Å²) in [4.78, 5) is 0. The highest BCUT2D eigenvalue weighted by molar-refractivity contribution is 8.00. The Morgan fingerprint density at radius 3 is 2.67 bits per heavy atom. The molecule has 1 N–H and O–H groups in total. The second kappa shape index (κ2) is 6.12. The molecule has 0 spiro atoms. The summed E-state index contributed by atoms with van der Waals surface area (Å²) in [5.74, 6) is 1.92. The molecule has 1 aliphatic heterocycles. The molecule has 1 aliphatic rings. The van der Waals surface area contributed by atoms with Crippen molar-refractivity contribution in [1.29, 1.82) is 0 Å². The molecule has 15 heavy (non-hydrogen) atoms. The minimum Gasteiger partial charge on any atom is -0.381 e. The van der Waals surface area contributed by atoms with E-state index in [1.807, 2.05) is 0 Å². The van der Waals surface area contributed by atoms with Gasteiger partial charge in [0.15, 0.2) is 0 Å². The van der Waals surface area contributed by atoms with Gasteiger partial charge in [0.1, 0.15) is 0 Å². The van der Waals surface area contributed by atoms with E-state index in [1.165, 1.54) is 12.2 Å². The van der Waals surface area contributed by atoms with Crippen LogP contribution in [0.1, 0.15) is 34.1 Å². The molecular formula is C12H25NOS. The van der Waals surface area contributed by atoms with Crippen LogP contribution in [0.2, 0.25) is 0 Å². The summed E-state index contributed by atoms with van der Waals surface area (Å²) in [6, 6.07) is 0.627. The predicted octanol–water partition coefficient (Wildman–Crippen LogP) is 2.53. The zero-order valence-corrected chi connectivity index (χ0v) is 11.3. The molecule has 0 aliphatic carbocycles. The van der Waals surface area contributed by atoms with Crippen LogP contribution in [-0.2, 0) is 4.74 Å². The van der Waals surface area contributed by atoms with Gasteiger partial charge in [0.2, 0.25) is 0 Å². The van der Waals surface area contributed by atoms with Crippen LogP contribution in [0.25, 0.3) is 0 Å². The maximum atomic E-state index is 5.47. The second-order valence-corrected chi connectivity index (χ2v) is 7.06. The summed E-state index contributed by atoms with van der Waals surface area (Å²) >= 11 is 2.05. The Balaban J connectivity index is 2.35. The topological polar surface area (TPSA) is 21.3 Å². The summed E-state index contributed by atoms with van der Waals surface area (Å²) < 4.78 is 5.84. The highest BCUT2D eigenvalue weighted by Gasteiger charge is 2.26. The fraction of sp³-hybridized carbons (Fsp3) is 1.00. The van der Waals surface area contributed by atoms with Gasteiger partial charge in [-0.1, -0.05) is 27.7 Å². The molecule has 90 valence electrons. The maximum Gasteiger partial charge on any atom is 0.0510 e. The lowest BCUT2D eigenvalue weighted by molar-refractivity contribution is 0.179. The molecule has 3 heteroatoms. The van der Waals surface area contributed by atoms with Crippen molar-refractivity contribution in [2.24, 2.45) is 5.92 Å². The molecule has 1 fully saturated rings. The van der Waals surface area contributed by atoms with E-state index in [0.717, 1.165) is 25.7 Å². The van der Waals surface area contributed by atoms with Crippen molar-refractivity contribution in [3.8, 4) is 0 Å². The van der Waals surface area contributed by atoms with Crippen LogP contribution in [0.5, 0.6) is 0 Å². The molecule has 1 rings (SSSR count). The first-order chi connectivity index (χ1) is 7.03. The minimum absolute atomic E-state index is 0.368. The molecule has 2 atom stereocenters. The maximum absolute atomic E-state index is 5.47. The summed E-state index contributed by atoms with van der Waals surface area (Å²) in [5.41, 5.74) is 0. The largest absolute Gasteiger partial charge is 0.381 e. The van der Waals surface area contributed by atoms with Crippen molar-refractivity contribution in [3.63, 3.8) is 0 Å². The van der Waals surface area contributed by atoms with E-state index >= 15 is 0 Å². The quantitative estimate of drug-likeness (QED) is 0.785. The van der Waals surface area contributed by atoms with Gasteiger partial charge in [0.05, 0.1) is 6.61 Å². The predicted molar refractivity (Wildman–Crippen MR) is 68.6 cm³/mol. The number of ether oxygens (including phenoxy) is 1. The van der Waals surface area contributed by atoms with Crippen molar-refractivity contribution >= 4 is 11.8 Å². The van der Waals surface area contributed by atoms with E-state index in [1.54, 1.807) is 0 Å². The van der Waals surface area contributed by atoms with E-state index in [-0.39, 0.29) is 0 Å². The van der Waals surface area contributed by atoms with Crippen LogP contribution in [0.4, 0.5) is 0 Å². The lowest BCUT2D eigenvalue weighted by Crippen LogP contribution is -2.39. The first-order valence-electron chi connectivity index (χ1n) is 5.98. The summed E-state index contributed by atoms with van der Waals surface area (Å²) in [6.45, 7) is 12.0. The molecule has 1 heterocycles. The second-order valence-electron chi connectivity index (χ2n) is 5.21. The summed E-state index contributed by atoms with van der Waals surface area (Å²) in [6.07, 6.45) is 1.22. The number of hydrogen-bond donors (Lipinski definition) is 1. The Hall–Kier alpha value is 0.270. The Labute approximate surface area is 98.5 Å². The van der Waals surface area contributed by atoms with Gasteiger partial charge in [-0.2, -0.15) is 11.8 Å². The molecule has 2 unspecified atom stereocenters. The monoisotopic (exact) mass is 231 g/mol. The molecule has 0 amide bonds. The van der Waals surface area contributed by atoms with Gasteiger partial charge in [0.25, 0.3) is 0 Å². The third-order valence-corrected chi connectivity index (χ3v) is 4.09. The van der Waals surface area contributed by atoms with Crippen LogP contribution in [0.3, 0.4) is 0 Å². The first kappa shape index (κ1) is 13.3. The number of nitrogens with one attached hydrogen (secondary N) is 1. The minimum atomic E-state index is 0.368. The van der Waals surface area contributed by atoms with Crippen molar-refractivity contribution in [3.05, 3.63) is 0 Å². The lowest BCUT2D eigenvalue weighted by Gasteiger charge is -2.27. The van der Waals surface area contributed by atoms with Crippen LogP contribution in [0.15, 0.2) is 0 Å². The third-order valence-electron chi connectivity index (χ3n) is 2.70. The smallest absolute Gasteiger partial charge is 0.0510 e. The lowest BCUT2D eigenvalue weighted by atomic mass is 10.0. The average molecular weight is 231 g/mol. The third kappa shape index (κ3) is 5.23. The summed E-state index contributed by atoms with van der Waals surface area (Å²) in [7, 11) is 0. The highest BCUT2D eigenvalue weighted by atomic mass is 32.2. The van der Waals surface area contributed by atoms with Gasteiger partial charge < -0.3 is 10.1 Å². The van der Waals surface area contributed by atoms with Gasteiger partial charge in [-0.05, 0) is 13.0 Å². The van der Waals surface area contributed by atoms with E-state index in [4.69, 9.17) is 4.74 Å². The van der Waals surface area contributed by atoms with Crippen LogP contribution >= 0.6 is 11.8 Å². The average Bonchev–Trinajstić information content (AvgIpc) is 2.63. The first-order valence-corrected chi connectivity index (χ1v) is 6.96.